The highest BCUT2D eigenvalue weighted by Gasteiger charge is 2.12. The van der Waals surface area contributed by atoms with E-state index >= 15 is 0 Å². The number of nitrogens with two attached hydrogens (primary N) is 1. The van der Waals surface area contributed by atoms with Gasteiger partial charge in [0.2, 0.25) is 10.0 Å². The molecule has 0 spiro atoms. The molecule has 0 aliphatic heterocycles. The van der Waals surface area contributed by atoms with Crippen molar-refractivity contribution in [2.75, 3.05) is 0 Å². The fraction of sp³-hybridized carbons (Fsp3) is 0.100. The zero-order valence-electron chi connectivity index (χ0n) is 9.42. The minimum atomic E-state index is -3.67. The van der Waals surface area contributed by atoms with Crippen LogP contribution in [0.2, 0.25) is 0 Å². The molecule has 0 saturated heterocycles. The van der Waals surface area contributed by atoms with Crippen molar-refractivity contribution in [2.24, 2.45) is 5.14 Å². The smallest absolute Gasteiger partial charge is 0.252 e. The van der Waals surface area contributed by atoms with Gasteiger partial charge >= 0.3 is 0 Å². The maximum absolute atomic E-state index is 11.8. The number of carbonyl (C=O) groups excluding carboxylic acids is 1. The van der Waals surface area contributed by atoms with Crippen LogP contribution in [0.5, 0.6) is 0 Å². The van der Waals surface area contributed by atoms with Gasteiger partial charge in [0.25, 0.3) is 5.91 Å². The maximum Gasteiger partial charge on any atom is 0.252 e. The van der Waals surface area contributed by atoms with E-state index in [4.69, 9.17) is 5.14 Å². The molecule has 2 aromatic rings. The molecule has 2 aromatic heterocycles. The third-order valence-corrected chi connectivity index (χ3v) is 6.20. The largest absolute Gasteiger partial charge is 0.347 e. The number of halogens is 1. The van der Waals surface area contributed by atoms with Crippen LogP contribution < -0.4 is 10.5 Å². The summed E-state index contributed by atoms with van der Waals surface area (Å²) in [7, 11) is -3.67. The standard InChI is InChI=1S/C10H9BrN2O3S3/c11-8-3-6(5-17-8)10(14)13-4-7-1-2-9(18-7)19(12,15)16/h1-3,5H,4H2,(H,13,14)(H2,12,15,16). The van der Waals surface area contributed by atoms with Gasteiger partial charge in [0, 0.05) is 10.3 Å². The van der Waals surface area contributed by atoms with Gasteiger partial charge in [0.15, 0.2) is 0 Å². The quantitative estimate of drug-likeness (QED) is 0.851. The fourth-order valence-electron chi connectivity index (χ4n) is 1.30. The van der Waals surface area contributed by atoms with Crippen LogP contribution in [0.3, 0.4) is 0 Å². The minimum Gasteiger partial charge on any atom is -0.347 e. The van der Waals surface area contributed by atoms with Crippen molar-refractivity contribution < 1.29 is 13.2 Å². The fourth-order valence-corrected chi connectivity index (χ4v) is 4.16. The number of hydrogen-bond donors (Lipinski definition) is 2. The summed E-state index contributed by atoms with van der Waals surface area (Å²) in [4.78, 5) is 12.5. The zero-order valence-corrected chi connectivity index (χ0v) is 13.5. The van der Waals surface area contributed by atoms with Crippen LogP contribution in [-0.2, 0) is 16.6 Å². The van der Waals surface area contributed by atoms with Gasteiger partial charge < -0.3 is 5.32 Å². The number of nitrogens with one attached hydrogen (secondary N) is 1. The van der Waals surface area contributed by atoms with E-state index in [9.17, 15) is 13.2 Å². The molecule has 0 bridgehead atoms. The molecule has 0 aliphatic rings. The molecule has 9 heteroatoms. The minimum absolute atomic E-state index is 0.0926. The molecule has 2 heterocycles. The molecule has 0 atom stereocenters. The Morgan fingerprint density at radius 3 is 2.68 bits per heavy atom. The van der Waals surface area contributed by atoms with Gasteiger partial charge in [0.1, 0.15) is 4.21 Å². The van der Waals surface area contributed by atoms with E-state index in [0.717, 1.165) is 20.0 Å². The number of sulfonamides is 1. The van der Waals surface area contributed by atoms with Gasteiger partial charge in [-0.05, 0) is 34.1 Å². The molecule has 0 fully saturated rings. The van der Waals surface area contributed by atoms with E-state index in [2.05, 4.69) is 21.2 Å². The molecule has 5 nitrogen and oxygen atoms in total. The first-order valence-corrected chi connectivity index (χ1v) is 9.03. The summed E-state index contributed by atoms with van der Waals surface area (Å²) in [6.07, 6.45) is 0. The highest BCUT2D eigenvalue weighted by Crippen LogP contribution is 2.22. The molecule has 19 heavy (non-hydrogen) atoms. The Morgan fingerprint density at radius 1 is 1.42 bits per heavy atom. The Balaban J connectivity index is 1.99. The lowest BCUT2D eigenvalue weighted by Gasteiger charge is -2.00. The first-order valence-electron chi connectivity index (χ1n) is 5.00. The summed E-state index contributed by atoms with van der Waals surface area (Å²) < 4.78 is 23.2. The second-order valence-electron chi connectivity index (χ2n) is 3.59. The lowest BCUT2D eigenvalue weighted by Crippen LogP contribution is -2.21. The molecule has 0 saturated carbocycles. The van der Waals surface area contributed by atoms with Crippen LogP contribution >= 0.6 is 38.6 Å². The molecular formula is C10H9BrN2O3S3. The Morgan fingerprint density at radius 2 is 2.16 bits per heavy atom. The van der Waals surface area contributed by atoms with Gasteiger partial charge in [0.05, 0.1) is 15.9 Å². The second kappa shape index (κ2) is 5.71. The van der Waals surface area contributed by atoms with Crippen molar-refractivity contribution in [3.63, 3.8) is 0 Å². The normalized spacial score (nSPS) is 11.5. The Hall–Kier alpha value is -0.740. The maximum atomic E-state index is 11.8. The summed E-state index contributed by atoms with van der Waals surface area (Å²) in [5.41, 5.74) is 0.570. The van der Waals surface area contributed by atoms with E-state index in [-0.39, 0.29) is 16.7 Å². The molecule has 0 radical (unpaired) electrons. The average Bonchev–Trinajstić information content (AvgIpc) is 2.93. The zero-order chi connectivity index (χ0) is 14.0. The van der Waals surface area contributed by atoms with E-state index in [1.165, 1.54) is 17.4 Å². The molecule has 2 rings (SSSR count). The van der Waals surface area contributed by atoms with Crippen molar-refractivity contribution in [3.8, 4) is 0 Å². The van der Waals surface area contributed by atoms with E-state index in [0.29, 0.717) is 5.56 Å². The van der Waals surface area contributed by atoms with Crippen molar-refractivity contribution >= 4 is 54.5 Å². The van der Waals surface area contributed by atoms with Crippen molar-refractivity contribution in [3.05, 3.63) is 37.8 Å². The van der Waals surface area contributed by atoms with Crippen LogP contribution in [0.1, 0.15) is 15.2 Å². The van der Waals surface area contributed by atoms with Gasteiger partial charge in [-0.25, -0.2) is 13.6 Å². The molecule has 0 aromatic carbocycles. The Bertz CT molecular complexity index is 705. The van der Waals surface area contributed by atoms with Crippen molar-refractivity contribution in [1.82, 2.24) is 5.32 Å². The lowest BCUT2D eigenvalue weighted by molar-refractivity contribution is 0.0951. The van der Waals surface area contributed by atoms with Crippen LogP contribution in [0.25, 0.3) is 0 Å². The monoisotopic (exact) mass is 380 g/mol. The first kappa shape index (κ1) is 14.7. The predicted octanol–water partition coefficient (Wildman–Crippen LogP) is 2.15. The van der Waals surface area contributed by atoms with Crippen molar-refractivity contribution in [2.45, 2.75) is 10.8 Å². The highest BCUT2D eigenvalue weighted by atomic mass is 79.9. The molecule has 1 amide bonds. The first-order chi connectivity index (χ1) is 8.86. The summed E-state index contributed by atoms with van der Waals surface area (Å²) in [6, 6.07) is 4.79. The third kappa shape index (κ3) is 3.86. The Labute approximate surface area is 126 Å². The molecule has 102 valence electrons. The third-order valence-electron chi connectivity index (χ3n) is 2.17. The molecule has 3 N–H and O–H groups in total. The summed E-state index contributed by atoms with van der Waals surface area (Å²) in [5.74, 6) is -0.201. The Kier molecular flexibility index (Phi) is 4.41. The summed E-state index contributed by atoms with van der Waals surface area (Å²) >= 11 is 5.75. The van der Waals surface area contributed by atoms with E-state index in [1.807, 2.05) is 0 Å². The number of carbonyl (C=O) groups is 1. The SMILES string of the molecule is NS(=O)(=O)c1ccc(CNC(=O)c2csc(Br)c2)s1. The van der Waals surface area contributed by atoms with Crippen LogP contribution in [0.15, 0.2) is 31.6 Å². The topological polar surface area (TPSA) is 89.3 Å². The van der Waals surface area contributed by atoms with Crippen molar-refractivity contribution in [1.29, 1.82) is 0 Å². The van der Waals surface area contributed by atoms with Crippen LogP contribution in [0.4, 0.5) is 0 Å². The summed E-state index contributed by atoms with van der Waals surface area (Å²) in [5, 5.41) is 9.47. The summed E-state index contributed by atoms with van der Waals surface area (Å²) in [6.45, 7) is 0.270. The molecular weight excluding hydrogens is 372 g/mol. The average molecular weight is 381 g/mol. The molecule has 0 aliphatic carbocycles. The van der Waals surface area contributed by atoms with Gasteiger partial charge in [-0.1, -0.05) is 0 Å². The van der Waals surface area contributed by atoms with Gasteiger partial charge in [-0.3, -0.25) is 4.79 Å². The lowest BCUT2D eigenvalue weighted by atomic mass is 10.3. The number of rotatable bonds is 4. The van der Waals surface area contributed by atoms with Crippen LogP contribution in [-0.4, -0.2) is 14.3 Å². The number of thiophene rings is 2. The van der Waals surface area contributed by atoms with Crippen LogP contribution in [0, 0.1) is 0 Å². The van der Waals surface area contributed by atoms with Gasteiger partial charge in [-0.2, -0.15) is 0 Å². The molecule has 0 unspecified atom stereocenters. The second-order valence-corrected chi connectivity index (χ2v) is 8.83. The number of amides is 1. The number of primary sulfonamides is 1. The highest BCUT2D eigenvalue weighted by molar-refractivity contribution is 9.11. The number of hydrogen-bond acceptors (Lipinski definition) is 5. The van der Waals surface area contributed by atoms with E-state index in [1.54, 1.807) is 17.5 Å². The van der Waals surface area contributed by atoms with E-state index < -0.39 is 10.0 Å². The predicted molar refractivity (Wildman–Crippen MR) is 78.9 cm³/mol. The van der Waals surface area contributed by atoms with Gasteiger partial charge in [-0.15, -0.1) is 22.7 Å².